The van der Waals surface area contributed by atoms with Crippen molar-refractivity contribution >= 4 is 39.7 Å². The molecule has 0 spiro atoms. The van der Waals surface area contributed by atoms with Crippen molar-refractivity contribution in [2.24, 2.45) is 5.73 Å². The number of benzene rings is 1. The summed E-state index contributed by atoms with van der Waals surface area (Å²) in [5.74, 6) is 0. The number of thiazole rings is 1. The Bertz CT molecular complexity index is 427. The molecule has 0 aliphatic carbocycles. The van der Waals surface area contributed by atoms with Gasteiger partial charge in [-0.3, -0.25) is 0 Å². The van der Waals surface area contributed by atoms with Crippen molar-refractivity contribution in [3.8, 4) is 10.6 Å². The van der Waals surface area contributed by atoms with E-state index in [0.717, 1.165) is 19.9 Å². The van der Waals surface area contributed by atoms with Crippen molar-refractivity contribution in [3.05, 3.63) is 39.8 Å². The summed E-state index contributed by atoms with van der Waals surface area (Å²) >= 11 is 5.04. The SMILES string of the molecule is Cl.NCc1cnc(-c2ccc(Br)cc2)s1. The van der Waals surface area contributed by atoms with Gasteiger partial charge in [-0.2, -0.15) is 0 Å². The maximum absolute atomic E-state index is 5.53. The number of aromatic nitrogens is 1. The first kappa shape index (κ1) is 12.6. The maximum Gasteiger partial charge on any atom is 0.123 e. The molecule has 0 saturated heterocycles. The van der Waals surface area contributed by atoms with E-state index in [9.17, 15) is 0 Å². The Hall–Kier alpha value is -0.420. The lowest BCUT2D eigenvalue weighted by atomic mass is 10.2. The quantitative estimate of drug-likeness (QED) is 0.923. The fraction of sp³-hybridized carbons (Fsp3) is 0.100. The Kier molecular flexibility index (Phi) is 4.73. The Labute approximate surface area is 107 Å². The molecule has 0 fully saturated rings. The van der Waals surface area contributed by atoms with E-state index in [1.54, 1.807) is 11.3 Å². The molecule has 80 valence electrons. The topological polar surface area (TPSA) is 38.9 Å². The smallest absolute Gasteiger partial charge is 0.123 e. The van der Waals surface area contributed by atoms with Gasteiger partial charge in [-0.05, 0) is 12.1 Å². The Balaban J connectivity index is 0.00000112. The highest BCUT2D eigenvalue weighted by atomic mass is 79.9. The molecule has 1 heterocycles. The summed E-state index contributed by atoms with van der Waals surface area (Å²) in [5.41, 5.74) is 6.67. The third-order valence-corrected chi connectivity index (χ3v) is 3.44. The molecule has 2 nitrogen and oxygen atoms in total. The standard InChI is InChI=1S/C10H9BrN2S.ClH/c11-8-3-1-7(2-4-8)10-13-6-9(5-12)14-10;/h1-4,6H,5,12H2;1H. The predicted molar refractivity (Wildman–Crippen MR) is 70.4 cm³/mol. The normalized spacial score (nSPS) is 9.73. The van der Waals surface area contributed by atoms with Gasteiger partial charge < -0.3 is 5.73 Å². The molecule has 2 N–H and O–H groups in total. The highest BCUT2D eigenvalue weighted by Gasteiger charge is 2.02. The van der Waals surface area contributed by atoms with Gasteiger partial charge >= 0.3 is 0 Å². The average Bonchev–Trinajstić information content (AvgIpc) is 2.67. The van der Waals surface area contributed by atoms with E-state index in [1.807, 2.05) is 30.5 Å². The molecule has 0 bridgehead atoms. The lowest BCUT2D eigenvalue weighted by Crippen LogP contribution is -1.91. The molecule has 15 heavy (non-hydrogen) atoms. The third kappa shape index (κ3) is 3.01. The predicted octanol–water partition coefficient (Wildman–Crippen LogP) is 3.45. The van der Waals surface area contributed by atoms with E-state index in [4.69, 9.17) is 5.73 Å². The summed E-state index contributed by atoms with van der Waals surface area (Å²) in [4.78, 5) is 5.42. The van der Waals surface area contributed by atoms with Crippen LogP contribution in [0.1, 0.15) is 4.88 Å². The molecule has 0 unspecified atom stereocenters. The first-order chi connectivity index (χ1) is 6.79. The van der Waals surface area contributed by atoms with Gasteiger partial charge in [-0.25, -0.2) is 4.98 Å². The molecule has 1 aromatic heterocycles. The van der Waals surface area contributed by atoms with E-state index >= 15 is 0 Å². The van der Waals surface area contributed by atoms with Crippen LogP contribution in [0.5, 0.6) is 0 Å². The van der Waals surface area contributed by atoms with Crippen molar-refractivity contribution in [2.75, 3.05) is 0 Å². The first-order valence-corrected chi connectivity index (χ1v) is 5.81. The van der Waals surface area contributed by atoms with Gasteiger partial charge in [0.1, 0.15) is 5.01 Å². The molecule has 2 aromatic rings. The number of nitrogens with two attached hydrogens (primary N) is 1. The van der Waals surface area contributed by atoms with Gasteiger partial charge in [-0.15, -0.1) is 23.7 Å². The van der Waals surface area contributed by atoms with E-state index in [1.165, 1.54) is 0 Å². The summed E-state index contributed by atoms with van der Waals surface area (Å²) in [6.45, 7) is 0.564. The fourth-order valence-corrected chi connectivity index (χ4v) is 2.19. The lowest BCUT2D eigenvalue weighted by Gasteiger charge is -1.95. The number of halogens is 2. The van der Waals surface area contributed by atoms with Crippen molar-refractivity contribution in [1.82, 2.24) is 4.98 Å². The van der Waals surface area contributed by atoms with E-state index in [2.05, 4.69) is 20.9 Å². The van der Waals surface area contributed by atoms with Crippen LogP contribution in [0, 0.1) is 0 Å². The van der Waals surface area contributed by atoms with Crippen molar-refractivity contribution in [3.63, 3.8) is 0 Å². The molecule has 5 heteroatoms. The largest absolute Gasteiger partial charge is 0.326 e. The fourth-order valence-electron chi connectivity index (χ4n) is 1.13. The minimum Gasteiger partial charge on any atom is -0.326 e. The Morgan fingerprint density at radius 3 is 2.47 bits per heavy atom. The second-order valence-electron chi connectivity index (χ2n) is 2.84. The molecule has 0 saturated carbocycles. The zero-order valence-corrected chi connectivity index (χ0v) is 11.0. The monoisotopic (exact) mass is 304 g/mol. The van der Waals surface area contributed by atoms with E-state index in [0.29, 0.717) is 6.54 Å². The molecule has 0 aliphatic rings. The van der Waals surface area contributed by atoms with Gasteiger partial charge in [0.25, 0.3) is 0 Å². The second-order valence-corrected chi connectivity index (χ2v) is 4.87. The summed E-state index contributed by atoms with van der Waals surface area (Å²) < 4.78 is 1.08. The van der Waals surface area contributed by atoms with Crippen LogP contribution in [0.25, 0.3) is 10.6 Å². The van der Waals surface area contributed by atoms with Crippen LogP contribution in [0.4, 0.5) is 0 Å². The van der Waals surface area contributed by atoms with Crippen LogP contribution in [-0.4, -0.2) is 4.98 Å². The number of hydrogen-bond donors (Lipinski definition) is 1. The highest BCUT2D eigenvalue weighted by Crippen LogP contribution is 2.25. The number of rotatable bonds is 2. The van der Waals surface area contributed by atoms with Gasteiger partial charge in [0.2, 0.25) is 0 Å². The van der Waals surface area contributed by atoms with Crippen LogP contribution in [-0.2, 0) is 6.54 Å². The number of hydrogen-bond acceptors (Lipinski definition) is 3. The molecular formula is C10H10BrClN2S. The zero-order valence-electron chi connectivity index (χ0n) is 7.81. The Morgan fingerprint density at radius 2 is 1.93 bits per heavy atom. The van der Waals surface area contributed by atoms with Crippen LogP contribution >= 0.6 is 39.7 Å². The van der Waals surface area contributed by atoms with Crippen molar-refractivity contribution in [1.29, 1.82) is 0 Å². The summed E-state index contributed by atoms with van der Waals surface area (Å²) in [6, 6.07) is 8.12. The minimum absolute atomic E-state index is 0. The minimum atomic E-state index is 0. The molecule has 0 aliphatic heterocycles. The van der Waals surface area contributed by atoms with Crippen molar-refractivity contribution in [2.45, 2.75) is 6.54 Å². The first-order valence-electron chi connectivity index (χ1n) is 4.20. The lowest BCUT2D eigenvalue weighted by molar-refractivity contribution is 1.10. The van der Waals surface area contributed by atoms with Crippen LogP contribution in [0.2, 0.25) is 0 Å². The van der Waals surface area contributed by atoms with Crippen LogP contribution < -0.4 is 5.73 Å². The van der Waals surface area contributed by atoms with Crippen LogP contribution in [0.15, 0.2) is 34.9 Å². The maximum atomic E-state index is 5.53. The van der Waals surface area contributed by atoms with Crippen molar-refractivity contribution < 1.29 is 0 Å². The summed E-state index contributed by atoms with van der Waals surface area (Å²) in [5, 5.41) is 1.03. The molecule has 0 radical (unpaired) electrons. The van der Waals surface area contributed by atoms with Gasteiger partial charge in [0.15, 0.2) is 0 Å². The molecule has 2 rings (SSSR count). The second kappa shape index (κ2) is 5.61. The van der Waals surface area contributed by atoms with E-state index in [-0.39, 0.29) is 12.4 Å². The highest BCUT2D eigenvalue weighted by molar-refractivity contribution is 9.10. The molecule has 1 aromatic carbocycles. The van der Waals surface area contributed by atoms with E-state index < -0.39 is 0 Å². The zero-order chi connectivity index (χ0) is 9.97. The third-order valence-electron chi connectivity index (χ3n) is 1.85. The average molecular weight is 306 g/mol. The molecule has 0 amide bonds. The van der Waals surface area contributed by atoms with Gasteiger partial charge in [0.05, 0.1) is 0 Å². The van der Waals surface area contributed by atoms with Gasteiger partial charge in [0, 0.05) is 27.7 Å². The van der Waals surface area contributed by atoms with Crippen LogP contribution in [0.3, 0.4) is 0 Å². The molecule has 0 atom stereocenters. The number of nitrogens with zero attached hydrogens (tertiary/aromatic N) is 1. The summed E-state index contributed by atoms with van der Waals surface area (Å²) in [6.07, 6.45) is 1.84. The Morgan fingerprint density at radius 1 is 1.27 bits per heavy atom. The summed E-state index contributed by atoms with van der Waals surface area (Å²) in [7, 11) is 0. The van der Waals surface area contributed by atoms with Gasteiger partial charge in [-0.1, -0.05) is 28.1 Å². The molecular weight excluding hydrogens is 296 g/mol.